The highest BCUT2D eigenvalue weighted by Crippen LogP contribution is 2.13. The van der Waals surface area contributed by atoms with Gasteiger partial charge in [0.05, 0.1) is 5.56 Å². The van der Waals surface area contributed by atoms with E-state index < -0.39 is 0 Å². The topological polar surface area (TPSA) is 35.5 Å². The normalized spacial score (nSPS) is 10.2. The molecule has 0 heterocycles. The first-order valence-corrected chi connectivity index (χ1v) is 7.00. The van der Waals surface area contributed by atoms with Gasteiger partial charge in [0.25, 0.3) is 0 Å². The summed E-state index contributed by atoms with van der Waals surface area (Å²) in [5.74, 6) is 0.484. The van der Waals surface area contributed by atoms with E-state index in [1.54, 1.807) is 6.07 Å². The summed E-state index contributed by atoms with van der Waals surface area (Å²) in [7, 11) is 0. The molecule has 0 amide bonds. The van der Waals surface area contributed by atoms with Crippen molar-refractivity contribution in [1.29, 1.82) is 0 Å². The number of aryl methyl sites for hydroxylation is 3. The summed E-state index contributed by atoms with van der Waals surface area (Å²) < 4.78 is 10.8. The number of benzene rings is 2. The van der Waals surface area contributed by atoms with Crippen LogP contribution in [0.3, 0.4) is 0 Å². The Balaban J connectivity index is 1.82. The Kier molecular flexibility index (Phi) is 4.99. The maximum absolute atomic E-state index is 12.0. The summed E-state index contributed by atoms with van der Waals surface area (Å²) in [6, 6.07) is 13.5. The van der Waals surface area contributed by atoms with Crippen LogP contribution in [0.5, 0.6) is 5.75 Å². The van der Waals surface area contributed by atoms with E-state index in [-0.39, 0.29) is 12.6 Å². The van der Waals surface area contributed by atoms with E-state index in [0.29, 0.717) is 12.2 Å². The largest absolute Gasteiger partial charge is 0.490 e. The summed E-state index contributed by atoms with van der Waals surface area (Å²) >= 11 is 0. The van der Waals surface area contributed by atoms with Gasteiger partial charge in [0.15, 0.2) is 0 Å². The van der Waals surface area contributed by atoms with Gasteiger partial charge in [-0.3, -0.25) is 0 Å². The molecule has 2 rings (SSSR count). The minimum absolute atomic E-state index is 0.236. The zero-order chi connectivity index (χ0) is 15.2. The third kappa shape index (κ3) is 4.35. The summed E-state index contributed by atoms with van der Waals surface area (Å²) in [6.45, 7) is 6.50. The second kappa shape index (κ2) is 6.93. The number of ether oxygens (including phenoxy) is 2. The lowest BCUT2D eigenvalue weighted by Gasteiger charge is -2.09. The SMILES string of the molecule is Cc1cccc(OCCOC(=O)c2ccc(C)cc2C)c1. The van der Waals surface area contributed by atoms with Crippen LogP contribution in [0.15, 0.2) is 42.5 Å². The molecule has 0 saturated heterocycles. The molecule has 0 spiro atoms. The van der Waals surface area contributed by atoms with Crippen LogP contribution in [-0.2, 0) is 4.74 Å². The van der Waals surface area contributed by atoms with E-state index in [1.807, 2.05) is 57.2 Å². The summed E-state index contributed by atoms with van der Waals surface area (Å²) in [5.41, 5.74) is 3.81. The molecule has 3 nitrogen and oxygen atoms in total. The molecule has 0 aromatic heterocycles. The van der Waals surface area contributed by atoms with Gasteiger partial charge in [-0.25, -0.2) is 4.79 Å². The average molecular weight is 284 g/mol. The zero-order valence-electron chi connectivity index (χ0n) is 12.7. The molecule has 0 radical (unpaired) electrons. The molecular formula is C18H20O3. The molecule has 21 heavy (non-hydrogen) atoms. The Hall–Kier alpha value is -2.29. The Labute approximate surface area is 125 Å². The lowest BCUT2D eigenvalue weighted by Crippen LogP contribution is -2.13. The van der Waals surface area contributed by atoms with E-state index in [4.69, 9.17) is 9.47 Å². The monoisotopic (exact) mass is 284 g/mol. The van der Waals surface area contributed by atoms with Gasteiger partial charge in [-0.1, -0.05) is 29.8 Å². The van der Waals surface area contributed by atoms with Crippen molar-refractivity contribution in [3.05, 3.63) is 64.7 Å². The van der Waals surface area contributed by atoms with Crippen molar-refractivity contribution in [2.45, 2.75) is 20.8 Å². The van der Waals surface area contributed by atoms with Crippen molar-refractivity contribution in [1.82, 2.24) is 0 Å². The molecule has 0 atom stereocenters. The highest BCUT2D eigenvalue weighted by molar-refractivity contribution is 5.91. The fourth-order valence-electron chi connectivity index (χ4n) is 2.12. The average Bonchev–Trinajstić information content (AvgIpc) is 2.43. The number of carbonyl (C=O) groups is 1. The number of hydrogen-bond donors (Lipinski definition) is 0. The second-order valence-corrected chi connectivity index (χ2v) is 5.12. The Morgan fingerprint density at radius 1 is 0.952 bits per heavy atom. The van der Waals surface area contributed by atoms with Crippen LogP contribution in [0.25, 0.3) is 0 Å². The van der Waals surface area contributed by atoms with Crippen molar-refractivity contribution in [2.24, 2.45) is 0 Å². The third-order valence-corrected chi connectivity index (χ3v) is 3.18. The fraction of sp³-hybridized carbons (Fsp3) is 0.278. The molecule has 0 unspecified atom stereocenters. The van der Waals surface area contributed by atoms with Crippen molar-refractivity contribution in [3.8, 4) is 5.75 Å². The quantitative estimate of drug-likeness (QED) is 0.618. The van der Waals surface area contributed by atoms with Gasteiger partial charge >= 0.3 is 5.97 Å². The van der Waals surface area contributed by atoms with Crippen molar-refractivity contribution in [2.75, 3.05) is 13.2 Å². The zero-order valence-corrected chi connectivity index (χ0v) is 12.7. The van der Waals surface area contributed by atoms with Crippen LogP contribution in [0, 0.1) is 20.8 Å². The highest BCUT2D eigenvalue weighted by Gasteiger charge is 2.10. The molecule has 0 aliphatic rings. The lowest BCUT2D eigenvalue weighted by atomic mass is 10.1. The molecule has 0 bridgehead atoms. The molecule has 0 saturated carbocycles. The Morgan fingerprint density at radius 3 is 2.43 bits per heavy atom. The Morgan fingerprint density at radius 2 is 1.71 bits per heavy atom. The summed E-state index contributed by atoms with van der Waals surface area (Å²) in [6.07, 6.45) is 0. The molecule has 0 fully saturated rings. The van der Waals surface area contributed by atoms with Crippen LogP contribution in [0.2, 0.25) is 0 Å². The molecule has 0 aliphatic heterocycles. The smallest absolute Gasteiger partial charge is 0.338 e. The molecule has 2 aromatic rings. The molecule has 3 heteroatoms. The van der Waals surface area contributed by atoms with Gasteiger partial charge in [0.2, 0.25) is 0 Å². The molecule has 110 valence electrons. The van der Waals surface area contributed by atoms with Gasteiger partial charge < -0.3 is 9.47 Å². The molecule has 0 N–H and O–H groups in total. The number of hydrogen-bond acceptors (Lipinski definition) is 3. The van der Waals surface area contributed by atoms with E-state index >= 15 is 0 Å². The molecule has 2 aromatic carbocycles. The van der Waals surface area contributed by atoms with Gasteiger partial charge in [0, 0.05) is 0 Å². The maximum atomic E-state index is 12.0. The first-order chi connectivity index (χ1) is 10.1. The lowest BCUT2D eigenvalue weighted by molar-refractivity contribution is 0.0449. The van der Waals surface area contributed by atoms with E-state index in [0.717, 1.165) is 22.4 Å². The van der Waals surface area contributed by atoms with Crippen LogP contribution in [0.1, 0.15) is 27.0 Å². The van der Waals surface area contributed by atoms with Crippen molar-refractivity contribution < 1.29 is 14.3 Å². The van der Waals surface area contributed by atoms with Gasteiger partial charge in [-0.05, 0) is 50.1 Å². The Bertz CT molecular complexity index is 632. The van der Waals surface area contributed by atoms with Crippen molar-refractivity contribution in [3.63, 3.8) is 0 Å². The molecule has 0 aliphatic carbocycles. The second-order valence-electron chi connectivity index (χ2n) is 5.12. The minimum atomic E-state index is -0.305. The summed E-state index contributed by atoms with van der Waals surface area (Å²) in [5, 5.41) is 0. The van der Waals surface area contributed by atoms with Crippen LogP contribution in [-0.4, -0.2) is 19.2 Å². The standard InChI is InChI=1S/C18H20O3/c1-13-5-4-6-16(12-13)20-9-10-21-18(19)17-8-7-14(2)11-15(17)3/h4-8,11-12H,9-10H2,1-3H3. The number of rotatable bonds is 5. The van der Waals surface area contributed by atoms with Gasteiger partial charge in [-0.2, -0.15) is 0 Å². The minimum Gasteiger partial charge on any atom is -0.490 e. The van der Waals surface area contributed by atoms with E-state index in [2.05, 4.69) is 0 Å². The number of esters is 1. The predicted molar refractivity (Wildman–Crippen MR) is 82.9 cm³/mol. The first-order valence-electron chi connectivity index (χ1n) is 7.00. The molecular weight excluding hydrogens is 264 g/mol. The summed E-state index contributed by atoms with van der Waals surface area (Å²) in [4.78, 5) is 12.0. The van der Waals surface area contributed by atoms with Crippen molar-refractivity contribution >= 4 is 5.97 Å². The van der Waals surface area contributed by atoms with E-state index in [1.165, 1.54) is 0 Å². The maximum Gasteiger partial charge on any atom is 0.338 e. The first kappa shape index (κ1) is 15.1. The third-order valence-electron chi connectivity index (χ3n) is 3.18. The van der Waals surface area contributed by atoms with Gasteiger partial charge in [-0.15, -0.1) is 0 Å². The predicted octanol–water partition coefficient (Wildman–Crippen LogP) is 3.85. The van der Waals surface area contributed by atoms with E-state index in [9.17, 15) is 4.79 Å². The van der Waals surface area contributed by atoms with Crippen LogP contribution in [0.4, 0.5) is 0 Å². The van der Waals surface area contributed by atoms with Crippen LogP contribution < -0.4 is 4.74 Å². The highest BCUT2D eigenvalue weighted by atomic mass is 16.6. The number of carbonyl (C=O) groups excluding carboxylic acids is 1. The van der Waals surface area contributed by atoms with Crippen LogP contribution >= 0.6 is 0 Å². The fourth-order valence-corrected chi connectivity index (χ4v) is 2.12. The van der Waals surface area contributed by atoms with Gasteiger partial charge in [0.1, 0.15) is 19.0 Å².